The van der Waals surface area contributed by atoms with Crippen LogP contribution < -0.4 is 10.2 Å². The zero-order valence-corrected chi connectivity index (χ0v) is 20.8. The molecule has 2 atom stereocenters. The van der Waals surface area contributed by atoms with Gasteiger partial charge in [-0.1, -0.05) is 24.2 Å². The molecule has 0 saturated carbocycles. The molecular weight excluding hydrogens is 457 g/mol. The van der Waals surface area contributed by atoms with Crippen LogP contribution in [-0.4, -0.2) is 47.1 Å². The van der Waals surface area contributed by atoms with Gasteiger partial charge in [-0.05, 0) is 80.1 Å². The van der Waals surface area contributed by atoms with E-state index >= 15 is 0 Å². The molecule has 2 aliphatic heterocycles. The van der Waals surface area contributed by atoms with Crippen molar-refractivity contribution in [1.82, 2.24) is 20.4 Å². The summed E-state index contributed by atoms with van der Waals surface area (Å²) in [4.78, 5) is 22.0. The first-order valence-corrected chi connectivity index (χ1v) is 13.0. The number of benzene rings is 2. The number of nitrogens with one attached hydrogen (secondary N) is 1. The zero-order chi connectivity index (χ0) is 24.9. The van der Waals surface area contributed by atoms with Crippen molar-refractivity contribution in [3.63, 3.8) is 0 Å². The first-order valence-electron chi connectivity index (χ1n) is 13.0. The third-order valence-electron chi connectivity index (χ3n) is 7.23. The van der Waals surface area contributed by atoms with Gasteiger partial charge in [0, 0.05) is 37.4 Å². The lowest BCUT2D eigenvalue weighted by Crippen LogP contribution is -2.42. The predicted octanol–water partition coefficient (Wildman–Crippen LogP) is 4.64. The van der Waals surface area contributed by atoms with Crippen LogP contribution in [0.15, 0.2) is 53.1 Å². The maximum Gasteiger partial charge on any atom is 0.241 e. The molecule has 3 aromatic rings. The Morgan fingerprint density at radius 3 is 2.61 bits per heavy atom. The summed E-state index contributed by atoms with van der Waals surface area (Å²) in [5.41, 5.74) is 3.09. The van der Waals surface area contributed by atoms with Gasteiger partial charge in [-0.2, -0.15) is 4.98 Å². The lowest BCUT2D eigenvalue weighted by molar-refractivity contribution is -0.127. The first-order chi connectivity index (χ1) is 17.5. The van der Waals surface area contributed by atoms with Gasteiger partial charge in [-0.3, -0.25) is 9.69 Å². The highest BCUT2D eigenvalue weighted by molar-refractivity contribution is 5.79. The fraction of sp³-hybridized carbons (Fsp3) is 0.464. The standard InChI is InChI=1S/C28H34FN5O2/c1-20-4-2-15-34(17-20)25-12-6-21(7-13-25)16-30-28(35)23-5-3-14-33(18-23)19-26-31-27(32-36-26)22-8-10-24(29)11-9-22/h6-13,20,23H,2-5,14-19H2,1H3,(H,30,35). The van der Waals surface area contributed by atoms with Crippen molar-refractivity contribution in [2.45, 2.75) is 45.7 Å². The molecule has 1 aromatic heterocycles. The number of likely N-dealkylation sites (tertiary alicyclic amines) is 1. The largest absolute Gasteiger partial charge is 0.371 e. The molecule has 2 aromatic carbocycles. The summed E-state index contributed by atoms with van der Waals surface area (Å²) in [5.74, 6) is 1.41. The van der Waals surface area contributed by atoms with Gasteiger partial charge in [-0.25, -0.2) is 4.39 Å². The number of carbonyl (C=O) groups excluding carboxylic acids is 1. The van der Waals surface area contributed by atoms with Gasteiger partial charge in [0.05, 0.1) is 12.5 Å². The third kappa shape index (κ3) is 6.10. The van der Waals surface area contributed by atoms with E-state index < -0.39 is 0 Å². The minimum Gasteiger partial charge on any atom is -0.371 e. The van der Waals surface area contributed by atoms with Crippen molar-refractivity contribution in [2.75, 3.05) is 31.1 Å². The topological polar surface area (TPSA) is 74.5 Å². The second-order valence-corrected chi connectivity index (χ2v) is 10.2. The molecule has 0 bridgehead atoms. The normalized spacial score (nSPS) is 20.9. The molecule has 1 amide bonds. The van der Waals surface area contributed by atoms with Gasteiger partial charge >= 0.3 is 0 Å². The lowest BCUT2D eigenvalue weighted by Gasteiger charge is -2.33. The molecule has 1 N–H and O–H groups in total. The number of rotatable bonds is 7. The van der Waals surface area contributed by atoms with E-state index in [2.05, 4.69) is 56.4 Å². The number of piperidine rings is 2. The fourth-order valence-corrected chi connectivity index (χ4v) is 5.22. The molecule has 0 spiro atoms. The predicted molar refractivity (Wildman–Crippen MR) is 137 cm³/mol. The van der Waals surface area contributed by atoms with E-state index in [-0.39, 0.29) is 17.6 Å². The summed E-state index contributed by atoms with van der Waals surface area (Å²) in [6.07, 6.45) is 4.38. The smallest absolute Gasteiger partial charge is 0.241 e. The number of amides is 1. The number of anilines is 1. The lowest BCUT2D eigenvalue weighted by atomic mass is 9.97. The molecule has 2 fully saturated rings. The van der Waals surface area contributed by atoms with E-state index in [9.17, 15) is 9.18 Å². The summed E-state index contributed by atoms with van der Waals surface area (Å²) >= 11 is 0. The Labute approximate surface area is 211 Å². The number of carbonyl (C=O) groups is 1. The van der Waals surface area contributed by atoms with E-state index in [0.717, 1.165) is 44.0 Å². The van der Waals surface area contributed by atoms with E-state index in [1.807, 2.05) is 0 Å². The molecule has 2 saturated heterocycles. The Morgan fingerprint density at radius 1 is 1.06 bits per heavy atom. The van der Waals surface area contributed by atoms with Crippen LogP contribution in [0.25, 0.3) is 11.4 Å². The molecule has 7 nitrogen and oxygen atoms in total. The number of hydrogen-bond donors (Lipinski definition) is 1. The molecule has 2 aliphatic rings. The summed E-state index contributed by atoms with van der Waals surface area (Å²) in [7, 11) is 0. The molecule has 2 unspecified atom stereocenters. The minimum atomic E-state index is -0.302. The monoisotopic (exact) mass is 491 g/mol. The van der Waals surface area contributed by atoms with Crippen LogP contribution in [-0.2, 0) is 17.9 Å². The maximum atomic E-state index is 13.2. The van der Waals surface area contributed by atoms with Gasteiger partial charge in [0.25, 0.3) is 0 Å². The summed E-state index contributed by atoms with van der Waals surface area (Å²) < 4.78 is 18.6. The van der Waals surface area contributed by atoms with Crippen molar-refractivity contribution < 1.29 is 13.7 Å². The van der Waals surface area contributed by atoms with Crippen LogP contribution in [0.1, 0.15) is 44.1 Å². The molecule has 3 heterocycles. The van der Waals surface area contributed by atoms with Crippen LogP contribution in [0.4, 0.5) is 10.1 Å². The van der Waals surface area contributed by atoms with Gasteiger partial charge in [0.1, 0.15) is 5.82 Å². The second-order valence-electron chi connectivity index (χ2n) is 10.2. The molecule has 190 valence electrons. The van der Waals surface area contributed by atoms with Gasteiger partial charge in [-0.15, -0.1) is 0 Å². The van der Waals surface area contributed by atoms with E-state index in [4.69, 9.17) is 4.52 Å². The zero-order valence-electron chi connectivity index (χ0n) is 20.8. The third-order valence-corrected chi connectivity index (χ3v) is 7.23. The number of hydrogen-bond acceptors (Lipinski definition) is 6. The van der Waals surface area contributed by atoms with Crippen LogP contribution in [0, 0.1) is 17.7 Å². The Morgan fingerprint density at radius 2 is 1.83 bits per heavy atom. The molecule has 36 heavy (non-hydrogen) atoms. The Bertz CT molecular complexity index is 1150. The highest BCUT2D eigenvalue weighted by atomic mass is 19.1. The summed E-state index contributed by atoms with van der Waals surface area (Å²) in [5, 5.41) is 7.15. The molecule has 0 aliphatic carbocycles. The minimum absolute atomic E-state index is 0.0626. The van der Waals surface area contributed by atoms with Crippen molar-refractivity contribution in [3.8, 4) is 11.4 Å². The van der Waals surface area contributed by atoms with E-state index in [1.165, 1.54) is 30.7 Å². The summed E-state index contributed by atoms with van der Waals surface area (Å²) in [6, 6.07) is 14.6. The van der Waals surface area contributed by atoms with Crippen LogP contribution in [0.5, 0.6) is 0 Å². The summed E-state index contributed by atoms with van der Waals surface area (Å²) in [6.45, 7) is 7.13. The van der Waals surface area contributed by atoms with Crippen molar-refractivity contribution in [2.24, 2.45) is 11.8 Å². The number of nitrogens with zero attached hydrogens (tertiary/aromatic N) is 4. The van der Waals surface area contributed by atoms with Gasteiger partial charge in [0.15, 0.2) is 0 Å². The number of aromatic nitrogens is 2. The Hall–Kier alpha value is -3.26. The molecule has 8 heteroatoms. The van der Waals surface area contributed by atoms with Gasteiger partial charge < -0.3 is 14.7 Å². The first kappa shape index (κ1) is 24.4. The van der Waals surface area contributed by atoms with Crippen molar-refractivity contribution in [1.29, 1.82) is 0 Å². The average molecular weight is 492 g/mol. The highest BCUT2D eigenvalue weighted by Gasteiger charge is 2.27. The highest BCUT2D eigenvalue weighted by Crippen LogP contribution is 2.24. The quantitative estimate of drug-likeness (QED) is 0.519. The molecule has 0 radical (unpaired) electrons. The second kappa shape index (κ2) is 11.2. The average Bonchev–Trinajstić information content (AvgIpc) is 3.36. The SMILES string of the molecule is CC1CCCN(c2ccc(CNC(=O)C3CCCN(Cc4nc(-c5ccc(F)cc5)no4)C3)cc2)C1. The number of halogens is 1. The van der Waals surface area contributed by atoms with Crippen LogP contribution >= 0.6 is 0 Å². The van der Waals surface area contributed by atoms with E-state index in [1.54, 1.807) is 12.1 Å². The maximum absolute atomic E-state index is 13.2. The van der Waals surface area contributed by atoms with Gasteiger partial charge in [0.2, 0.25) is 17.6 Å². The molecule has 5 rings (SSSR count). The Balaban J connectivity index is 1.10. The van der Waals surface area contributed by atoms with Crippen molar-refractivity contribution in [3.05, 3.63) is 65.8 Å². The Kier molecular flexibility index (Phi) is 7.60. The molecular formula is C28H34FN5O2. The van der Waals surface area contributed by atoms with E-state index in [0.29, 0.717) is 36.9 Å². The van der Waals surface area contributed by atoms with Crippen LogP contribution in [0.3, 0.4) is 0 Å². The van der Waals surface area contributed by atoms with Crippen LogP contribution in [0.2, 0.25) is 0 Å². The fourth-order valence-electron chi connectivity index (χ4n) is 5.22. The van der Waals surface area contributed by atoms with Crippen molar-refractivity contribution >= 4 is 11.6 Å².